The van der Waals surface area contributed by atoms with E-state index in [1.54, 1.807) is 0 Å². The lowest BCUT2D eigenvalue weighted by atomic mass is 9.85. The molecule has 0 aliphatic heterocycles. The van der Waals surface area contributed by atoms with Crippen molar-refractivity contribution in [3.05, 3.63) is 12.2 Å². The maximum atomic E-state index is 9.84. The maximum absolute atomic E-state index is 9.84. The molecule has 0 aromatic carbocycles. The van der Waals surface area contributed by atoms with Crippen LogP contribution in [0, 0.1) is 5.92 Å². The third-order valence-electron chi connectivity index (χ3n) is 1.79. The standard InChI is InChI=1S/C8H12O/c9-7-2-1-4-8-5-3-6-8/h1,4,7-8H,2-3,5-6H2/b4-1-. The number of hydrogen-bond acceptors (Lipinski definition) is 1. The maximum Gasteiger partial charge on any atom is 0.123 e. The van der Waals surface area contributed by atoms with Crippen LogP contribution in [0.5, 0.6) is 0 Å². The lowest BCUT2D eigenvalue weighted by Gasteiger charge is -2.20. The molecule has 1 aliphatic carbocycles. The van der Waals surface area contributed by atoms with Crippen molar-refractivity contribution in [3.8, 4) is 0 Å². The normalized spacial score (nSPS) is 20.0. The first kappa shape index (κ1) is 6.53. The van der Waals surface area contributed by atoms with Crippen molar-refractivity contribution in [1.29, 1.82) is 0 Å². The number of carbonyl (C=O) groups excluding carboxylic acids is 1. The summed E-state index contributed by atoms with van der Waals surface area (Å²) in [6, 6.07) is 0. The van der Waals surface area contributed by atoms with E-state index in [0.717, 1.165) is 12.2 Å². The van der Waals surface area contributed by atoms with Crippen LogP contribution < -0.4 is 0 Å². The van der Waals surface area contributed by atoms with Crippen LogP contribution in [-0.2, 0) is 4.79 Å². The molecule has 0 radical (unpaired) electrons. The van der Waals surface area contributed by atoms with Gasteiger partial charge in [0.25, 0.3) is 0 Å². The van der Waals surface area contributed by atoms with Gasteiger partial charge in [0.05, 0.1) is 0 Å². The summed E-state index contributed by atoms with van der Waals surface area (Å²) in [5, 5.41) is 0. The molecule has 0 aromatic heterocycles. The quantitative estimate of drug-likeness (QED) is 0.415. The van der Waals surface area contributed by atoms with Crippen LogP contribution in [0.3, 0.4) is 0 Å². The minimum absolute atomic E-state index is 0.594. The van der Waals surface area contributed by atoms with E-state index < -0.39 is 0 Å². The first-order chi connectivity index (χ1) is 4.43. The third kappa shape index (κ3) is 2.00. The molecule has 1 aliphatic rings. The molecule has 0 bridgehead atoms. The smallest absolute Gasteiger partial charge is 0.123 e. The van der Waals surface area contributed by atoms with Gasteiger partial charge in [-0.05, 0) is 18.8 Å². The monoisotopic (exact) mass is 124 g/mol. The summed E-state index contributed by atoms with van der Waals surface area (Å²) in [7, 11) is 0. The van der Waals surface area contributed by atoms with E-state index in [1.807, 2.05) is 6.08 Å². The van der Waals surface area contributed by atoms with E-state index in [9.17, 15) is 4.79 Å². The van der Waals surface area contributed by atoms with Gasteiger partial charge in [0.2, 0.25) is 0 Å². The van der Waals surface area contributed by atoms with Gasteiger partial charge < -0.3 is 4.79 Å². The second-order valence-electron chi connectivity index (χ2n) is 2.52. The number of hydrogen-bond donors (Lipinski definition) is 0. The molecular formula is C8H12O. The zero-order valence-electron chi connectivity index (χ0n) is 5.55. The summed E-state index contributed by atoms with van der Waals surface area (Å²) in [6.07, 6.45) is 9.70. The van der Waals surface area contributed by atoms with Crippen molar-refractivity contribution in [2.75, 3.05) is 0 Å². The van der Waals surface area contributed by atoms with Crippen molar-refractivity contribution in [2.45, 2.75) is 25.7 Å². The van der Waals surface area contributed by atoms with Crippen LogP contribution in [0.4, 0.5) is 0 Å². The molecule has 0 unspecified atom stereocenters. The number of aldehydes is 1. The summed E-state index contributed by atoms with van der Waals surface area (Å²) in [6.45, 7) is 0. The molecule has 1 rings (SSSR count). The molecule has 0 aromatic rings. The molecule has 0 heterocycles. The van der Waals surface area contributed by atoms with Crippen molar-refractivity contribution < 1.29 is 4.79 Å². The Labute approximate surface area is 55.8 Å². The average Bonchev–Trinajstić information content (AvgIpc) is 1.76. The molecule has 9 heavy (non-hydrogen) atoms. The van der Waals surface area contributed by atoms with Gasteiger partial charge in [0.15, 0.2) is 0 Å². The second kappa shape index (κ2) is 3.44. The first-order valence-electron chi connectivity index (χ1n) is 3.54. The topological polar surface area (TPSA) is 17.1 Å². The molecule has 0 saturated heterocycles. The summed E-state index contributed by atoms with van der Waals surface area (Å²) < 4.78 is 0. The molecule has 0 spiro atoms. The van der Waals surface area contributed by atoms with Gasteiger partial charge in [-0.2, -0.15) is 0 Å². The van der Waals surface area contributed by atoms with Crippen molar-refractivity contribution in [1.82, 2.24) is 0 Å². The van der Waals surface area contributed by atoms with E-state index in [2.05, 4.69) is 6.08 Å². The van der Waals surface area contributed by atoms with Crippen LogP contribution >= 0.6 is 0 Å². The van der Waals surface area contributed by atoms with Crippen LogP contribution in [0.15, 0.2) is 12.2 Å². The lowest BCUT2D eigenvalue weighted by Crippen LogP contribution is -2.06. The largest absolute Gasteiger partial charge is 0.303 e. The molecule has 1 heteroatoms. The highest BCUT2D eigenvalue weighted by Gasteiger charge is 2.12. The van der Waals surface area contributed by atoms with Crippen molar-refractivity contribution in [2.24, 2.45) is 5.92 Å². The molecule has 0 atom stereocenters. The van der Waals surface area contributed by atoms with Gasteiger partial charge in [-0.3, -0.25) is 0 Å². The molecule has 0 amide bonds. The molecule has 1 saturated carbocycles. The van der Waals surface area contributed by atoms with Gasteiger partial charge in [-0.25, -0.2) is 0 Å². The predicted molar refractivity (Wildman–Crippen MR) is 37.2 cm³/mol. The molecular weight excluding hydrogens is 112 g/mol. The zero-order chi connectivity index (χ0) is 6.53. The SMILES string of the molecule is O=CC/C=C\C1CCC1. The third-order valence-corrected chi connectivity index (χ3v) is 1.79. The highest BCUT2D eigenvalue weighted by molar-refractivity contribution is 5.51. The molecule has 50 valence electrons. The Bertz CT molecular complexity index is 112. The first-order valence-corrected chi connectivity index (χ1v) is 3.54. The fraction of sp³-hybridized carbons (Fsp3) is 0.625. The summed E-state index contributed by atoms with van der Waals surface area (Å²) in [5.74, 6) is 0.796. The van der Waals surface area contributed by atoms with E-state index >= 15 is 0 Å². The highest BCUT2D eigenvalue weighted by Crippen LogP contribution is 2.27. The van der Waals surface area contributed by atoms with E-state index in [1.165, 1.54) is 19.3 Å². The fourth-order valence-electron chi connectivity index (χ4n) is 0.959. The predicted octanol–water partition coefficient (Wildman–Crippen LogP) is 1.93. The van der Waals surface area contributed by atoms with Crippen LogP contribution in [0.1, 0.15) is 25.7 Å². The number of carbonyl (C=O) groups is 1. The molecule has 0 N–H and O–H groups in total. The summed E-state index contributed by atoms with van der Waals surface area (Å²) in [5.41, 5.74) is 0. The van der Waals surface area contributed by atoms with Crippen molar-refractivity contribution >= 4 is 6.29 Å². The minimum Gasteiger partial charge on any atom is -0.303 e. The highest BCUT2D eigenvalue weighted by atomic mass is 16.1. The second-order valence-corrected chi connectivity index (χ2v) is 2.52. The van der Waals surface area contributed by atoms with E-state index in [-0.39, 0.29) is 0 Å². The van der Waals surface area contributed by atoms with Gasteiger partial charge in [0, 0.05) is 6.42 Å². The zero-order valence-corrected chi connectivity index (χ0v) is 5.55. The van der Waals surface area contributed by atoms with Crippen LogP contribution in [0.2, 0.25) is 0 Å². The van der Waals surface area contributed by atoms with Gasteiger partial charge in [0.1, 0.15) is 6.29 Å². The van der Waals surface area contributed by atoms with Gasteiger partial charge in [-0.1, -0.05) is 18.6 Å². The van der Waals surface area contributed by atoms with Crippen LogP contribution in [-0.4, -0.2) is 6.29 Å². The Morgan fingerprint density at radius 3 is 2.67 bits per heavy atom. The Balaban J connectivity index is 2.07. The minimum atomic E-state index is 0.594. The summed E-state index contributed by atoms with van der Waals surface area (Å²) in [4.78, 5) is 9.84. The number of rotatable bonds is 3. The summed E-state index contributed by atoms with van der Waals surface area (Å²) >= 11 is 0. The van der Waals surface area contributed by atoms with Gasteiger partial charge in [-0.15, -0.1) is 0 Å². The molecule has 1 nitrogen and oxygen atoms in total. The van der Waals surface area contributed by atoms with E-state index in [4.69, 9.17) is 0 Å². The Hall–Kier alpha value is -0.590. The molecule has 1 fully saturated rings. The Kier molecular flexibility index (Phi) is 2.49. The fourth-order valence-corrected chi connectivity index (χ4v) is 0.959. The van der Waals surface area contributed by atoms with Crippen molar-refractivity contribution in [3.63, 3.8) is 0 Å². The Morgan fingerprint density at radius 1 is 1.44 bits per heavy atom. The van der Waals surface area contributed by atoms with Gasteiger partial charge >= 0.3 is 0 Å². The van der Waals surface area contributed by atoms with E-state index in [0.29, 0.717) is 6.42 Å². The number of allylic oxidation sites excluding steroid dienone is 2. The lowest BCUT2D eigenvalue weighted by molar-refractivity contribution is -0.107. The average molecular weight is 124 g/mol. The Morgan fingerprint density at radius 2 is 2.22 bits per heavy atom. The van der Waals surface area contributed by atoms with Crippen LogP contribution in [0.25, 0.3) is 0 Å².